The van der Waals surface area contributed by atoms with E-state index in [4.69, 9.17) is 0 Å². The van der Waals surface area contributed by atoms with Crippen LogP contribution >= 0.6 is 0 Å². The predicted octanol–water partition coefficient (Wildman–Crippen LogP) is 0.0267. The molecule has 1 rings (SSSR count). The highest BCUT2D eigenvalue weighted by Crippen LogP contribution is 2.18. The molecule has 1 aromatic rings. The zero-order valence-electron chi connectivity index (χ0n) is 11.5. The minimum atomic E-state index is -4.11. The lowest BCUT2D eigenvalue weighted by molar-refractivity contribution is -0.118. The predicted molar refractivity (Wildman–Crippen MR) is 71.6 cm³/mol. The molecule has 0 atom stereocenters. The molecular weight excluding hydrogens is 303 g/mol. The fraction of sp³-hybridized carbons (Fsp3) is 0.333. The smallest absolute Gasteiger partial charge is 0.339 e. The Hall–Kier alpha value is -2.00. The Balaban J connectivity index is 2.99. The average Bonchev–Trinajstić information content (AvgIpc) is 2.42. The first-order valence-corrected chi connectivity index (χ1v) is 7.38. The number of halogens is 1. The molecular formula is C12H15FN2O5S. The molecule has 1 amide bonds. The largest absolute Gasteiger partial charge is 0.465 e. The second-order valence-electron chi connectivity index (χ2n) is 4.01. The minimum absolute atomic E-state index is 0.0669. The van der Waals surface area contributed by atoms with Crippen molar-refractivity contribution in [3.05, 3.63) is 29.6 Å². The van der Waals surface area contributed by atoms with E-state index in [0.29, 0.717) is 0 Å². The molecule has 0 heterocycles. The average molecular weight is 318 g/mol. The van der Waals surface area contributed by atoms with E-state index < -0.39 is 26.7 Å². The quantitative estimate of drug-likeness (QED) is 0.569. The van der Waals surface area contributed by atoms with Gasteiger partial charge in [0.2, 0.25) is 15.9 Å². The van der Waals surface area contributed by atoms with Crippen LogP contribution in [-0.4, -0.2) is 40.5 Å². The summed E-state index contributed by atoms with van der Waals surface area (Å²) in [6, 6.07) is 2.72. The second kappa shape index (κ2) is 7.14. The van der Waals surface area contributed by atoms with Gasteiger partial charge in [0.05, 0.1) is 17.6 Å². The number of esters is 1. The van der Waals surface area contributed by atoms with Gasteiger partial charge in [0.15, 0.2) is 0 Å². The van der Waals surface area contributed by atoms with Gasteiger partial charge in [0.25, 0.3) is 0 Å². The number of carbonyl (C=O) groups excluding carboxylic acids is 2. The summed E-state index contributed by atoms with van der Waals surface area (Å²) in [5.41, 5.74) is -0.272. The first kappa shape index (κ1) is 17.1. The molecule has 7 nitrogen and oxygen atoms in total. The van der Waals surface area contributed by atoms with Gasteiger partial charge < -0.3 is 10.1 Å². The van der Waals surface area contributed by atoms with Gasteiger partial charge in [-0.25, -0.2) is 22.3 Å². The molecule has 0 bridgehead atoms. The molecule has 1 aromatic carbocycles. The van der Waals surface area contributed by atoms with Crippen molar-refractivity contribution in [1.82, 2.24) is 10.0 Å². The van der Waals surface area contributed by atoms with Gasteiger partial charge in [-0.15, -0.1) is 0 Å². The van der Waals surface area contributed by atoms with E-state index in [9.17, 15) is 22.4 Å². The molecule has 9 heteroatoms. The van der Waals surface area contributed by atoms with E-state index in [0.717, 1.165) is 25.3 Å². The standard InChI is InChI=1S/C12H15FN2O5S/c1-8(16)14-5-6-15-21(18,19)11-7-9(13)3-4-10(11)12(17)20-2/h3-4,7,15H,5-6H2,1-2H3,(H,14,16). The van der Waals surface area contributed by atoms with E-state index >= 15 is 0 Å². The Morgan fingerprint density at radius 1 is 1.29 bits per heavy atom. The number of hydrogen-bond acceptors (Lipinski definition) is 5. The summed E-state index contributed by atoms with van der Waals surface area (Å²) < 4.78 is 44.0. The number of ether oxygens (including phenoxy) is 1. The maximum Gasteiger partial charge on any atom is 0.339 e. The summed E-state index contributed by atoms with van der Waals surface area (Å²) in [5.74, 6) is -2.00. The van der Waals surface area contributed by atoms with Crippen LogP contribution in [0.4, 0.5) is 4.39 Å². The van der Waals surface area contributed by atoms with Gasteiger partial charge in [-0.2, -0.15) is 0 Å². The molecule has 0 aromatic heterocycles. The number of hydrogen-bond donors (Lipinski definition) is 2. The molecule has 0 radical (unpaired) electrons. The van der Waals surface area contributed by atoms with Crippen molar-refractivity contribution in [3.8, 4) is 0 Å². The summed E-state index contributed by atoms with van der Waals surface area (Å²) in [6.45, 7) is 1.26. The number of carbonyl (C=O) groups is 2. The van der Waals surface area contributed by atoms with Crippen molar-refractivity contribution < 1.29 is 27.1 Å². The van der Waals surface area contributed by atoms with Crippen molar-refractivity contribution in [2.45, 2.75) is 11.8 Å². The molecule has 0 saturated heterocycles. The van der Waals surface area contributed by atoms with E-state index in [-0.39, 0.29) is 24.6 Å². The Bertz CT molecular complexity index is 645. The summed E-state index contributed by atoms with van der Waals surface area (Å²) in [4.78, 5) is 21.7. The monoisotopic (exact) mass is 318 g/mol. The van der Waals surface area contributed by atoms with Crippen molar-refractivity contribution in [2.75, 3.05) is 20.2 Å². The van der Waals surface area contributed by atoms with Crippen LogP contribution in [0, 0.1) is 5.82 Å². The molecule has 0 aliphatic heterocycles. The number of benzene rings is 1. The number of methoxy groups -OCH3 is 1. The van der Waals surface area contributed by atoms with Crippen molar-refractivity contribution in [3.63, 3.8) is 0 Å². The van der Waals surface area contributed by atoms with Crippen molar-refractivity contribution in [2.24, 2.45) is 0 Å². The lowest BCUT2D eigenvalue weighted by atomic mass is 10.2. The summed E-state index contributed by atoms with van der Waals surface area (Å²) >= 11 is 0. The van der Waals surface area contributed by atoms with Crippen molar-refractivity contribution in [1.29, 1.82) is 0 Å². The Morgan fingerprint density at radius 2 is 1.95 bits per heavy atom. The normalized spacial score (nSPS) is 11.0. The summed E-state index contributed by atoms with van der Waals surface area (Å²) in [6.07, 6.45) is 0. The fourth-order valence-electron chi connectivity index (χ4n) is 1.50. The van der Waals surface area contributed by atoms with E-state index in [1.165, 1.54) is 6.92 Å². The van der Waals surface area contributed by atoms with Crippen LogP contribution in [0.3, 0.4) is 0 Å². The van der Waals surface area contributed by atoms with Gasteiger partial charge in [-0.05, 0) is 18.2 Å². The topological polar surface area (TPSA) is 102 Å². The molecule has 0 spiro atoms. The van der Waals surface area contributed by atoms with Crippen molar-refractivity contribution >= 4 is 21.9 Å². The maximum absolute atomic E-state index is 13.2. The van der Waals surface area contributed by atoms with Crippen LogP contribution in [0.5, 0.6) is 0 Å². The van der Waals surface area contributed by atoms with Crippen LogP contribution in [0.2, 0.25) is 0 Å². The third kappa shape index (κ3) is 4.80. The third-order valence-electron chi connectivity index (χ3n) is 2.43. The second-order valence-corrected chi connectivity index (χ2v) is 5.75. The zero-order chi connectivity index (χ0) is 16.0. The first-order valence-electron chi connectivity index (χ1n) is 5.90. The number of amides is 1. The molecule has 0 unspecified atom stereocenters. The minimum Gasteiger partial charge on any atom is -0.465 e. The molecule has 2 N–H and O–H groups in total. The lowest BCUT2D eigenvalue weighted by Crippen LogP contribution is -2.34. The Kier molecular flexibility index (Phi) is 5.79. The van der Waals surface area contributed by atoms with Gasteiger partial charge in [-0.1, -0.05) is 0 Å². The molecule has 0 fully saturated rings. The first-order chi connectivity index (χ1) is 9.77. The lowest BCUT2D eigenvalue weighted by Gasteiger charge is -2.10. The van der Waals surface area contributed by atoms with Gasteiger partial charge in [0, 0.05) is 20.0 Å². The summed E-state index contributed by atoms with van der Waals surface area (Å²) in [7, 11) is -3.02. The third-order valence-corrected chi connectivity index (χ3v) is 3.93. The number of rotatable bonds is 6. The maximum atomic E-state index is 13.2. The van der Waals surface area contributed by atoms with Crippen LogP contribution in [0.15, 0.2) is 23.1 Å². The Morgan fingerprint density at radius 3 is 2.52 bits per heavy atom. The highest BCUT2D eigenvalue weighted by Gasteiger charge is 2.23. The van der Waals surface area contributed by atoms with Gasteiger partial charge in [0.1, 0.15) is 5.82 Å². The van der Waals surface area contributed by atoms with Crippen LogP contribution in [-0.2, 0) is 19.6 Å². The molecule has 0 aliphatic carbocycles. The van der Waals surface area contributed by atoms with Gasteiger partial charge >= 0.3 is 5.97 Å². The highest BCUT2D eigenvalue weighted by atomic mass is 32.2. The zero-order valence-corrected chi connectivity index (χ0v) is 12.3. The van der Waals surface area contributed by atoms with Crippen LogP contribution < -0.4 is 10.0 Å². The number of sulfonamides is 1. The van der Waals surface area contributed by atoms with E-state index in [2.05, 4.69) is 14.8 Å². The highest BCUT2D eigenvalue weighted by molar-refractivity contribution is 7.89. The molecule has 21 heavy (non-hydrogen) atoms. The Labute approximate surface area is 121 Å². The fourth-order valence-corrected chi connectivity index (χ4v) is 2.73. The SMILES string of the molecule is COC(=O)c1ccc(F)cc1S(=O)(=O)NCCNC(C)=O. The summed E-state index contributed by atoms with van der Waals surface area (Å²) in [5, 5.41) is 2.40. The van der Waals surface area contributed by atoms with Crippen LogP contribution in [0.25, 0.3) is 0 Å². The van der Waals surface area contributed by atoms with Crippen LogP contribution in [0.1, 0.15) is 17.3 Å². The van der Waals surface area contributed by atoms with Gasteiger partial charge in [-0.3, -0.25) is 4.79 Å². The molecule has 116 valence electrons. The van der Waals surface area contributed by atoms with E-state index in [1.54, 1.807) is 0 Å². The number of nitrogens with one attached hydrogen (secondary N) is 2. The molecule has 0 saturated carbocycles. The van der Waals surface area contributed by atoms with E-state index in [1.807, 2.05) is 0 Å². The molecule has 0 aliphatic rings.